The van der Waals surface area contributed by atoms with Crippen LogP contribution < -0.4 is 9.97 Å². The molecule has 1 aliphatic carbocycles. The summed E-state index contributed by atoms with van der Waals surface area (Å²) in [4.78, 5) is 24.5. The van der Waals surface area contributed by atoms with Crippen LogP contribution in [0.25, 0.3) is 144 Å². The minimum Gasteiger partial charge on any atom is -0.656 e. The predicted octanol–water partition coefficient (Wildman–Crippen LogP) is 21.7. The van der Waals surface area contributed by atoms with E-state index in [4.69, 9.17) is 19.9 Å². The van der Waals surface area contributed by atoms with Crippen LogP contribution in [0.2, 0.25) is 0 Å². The van der Waals surface area contributed by atoms with Crippen molar-refractivity contribution in [2.24, 2.45) is 0 Å². The van der Waals surface area contributed by atoms with Crippen LogP contribution >= 0.6 is 0 Å². The van der Waals surface area contributed by atoms with Gasteiger partial charge in [-0.3, -0.25) is 0 Å². The number of unbranched alkanes of at least 4 members (excludes halogenated alkanes) is 4. The largest absolute Gasteiger partial charge is 2.00 e. The smallest absolute Gasteiger partial charge is 0.656 e. The van der Waals surface area contributed by atoms with Gasteiger partial charge in [0.1, 0.15) is 0 Å². The predicted molar refractivity (Wildman–Crippen MR) is 357 cm³/mol. The molecule has 0 amide bonds. The van der Waals surface area contributed by atoms with Crippen molar-refractivity contribution >= 4 is 54.4 Å². The van der Waals surface area contributed by atoms with Crippen LogP contribution in [0.1, 0.15) is 101 Å². The number of nitrogens with zero attached hydrogens (tertiary/aromatic N) is 4. The van der Waals surface area contributed by atoms with E-state index in [1.807, 2.05) is 0 Å². The molecule has 4 nitrogen and oxygen atoms in total. The molecule has 0 radical (unpaired) electrons. The quantitative estimate of drug-likeness (QED) is 0.0905. The van der Waals surface area contributed by atoms with Crippen molar-refractivity contribution < 1.29 is 20.4 Å². The molecule has 5 heteroatoms. The number of benzene rings is 9. The maximum atomic E-state index is 6.18. The van der Waals surface area contributed by atoms with E-state index in [0.29, 0.717) is 0 Å². The second kappa shape index (κ2) is 24.3. The van der Waals surface area contributed by atoms with E-state index in [0.717, 1.165) is 221 Å². The summed E-state index contributed by atoms with van der Waals surface area (Å²) in [7, 11) is 0. The summed E-state index contributed by atoms with van der Waals surface area (Å²) in [6.45, 7) is 9.08. The van der Waals surface area contributed by atoms with Crippen LogP contribution in [-0.4, -0.2) is 9.97 Å². The Kier molecular flexibility index (Phi) is 15.9. The third-order valence-electron chi connectivity index (χ3n) is 17.7. The van der Waals surface area contributed by atoms with Gasteiger partial charge in [-0.1, -0.05) is 248 Å². The summed E-state index contributed by atoms with van der Waals surface area (Å²) < 4.78 is 0. The Morgan fingerprint density at radius 3 is 0.800 bits per heavy atom. The third-order valence-corrected chi connectivity index (χ3v) is 17.7. The Balaban J connectivity index is 0.00000672. The van der Waals surface area contributed by atoms with Crippen LogP contribution in [-0.2, 0) is 46.1 Å². The summed E-state index contributed by atoms with van der Waals surface area (Å²) in [6.07, 6.45) is 13.2. The van der Waals surface area contributed by atoms with Gasteiger partial charge >= 0.3 is 20.4 Å². The van der Waals surface area contributed by atoms with Crippen molar-refractivity contribution in [2.45, 2.75) is 105 Å². The Morgan fingerprint density at radius 2 is 0.529 bits per heavy atom. The molecule has 0 saturated heterocycles. The van der Waals surface area contributed by atoms with Gasteiger partial charge in [-0.2, -0.15) is 0 Å². The van der Waals surface area contributed by atoms with Gasteiger partial charge in [-0.15, -0.1) is 22.1 Å². The molecule has 85 heavy (non-hydrogen) atoms. The zero-order chi connectivity index (χ0) is 56.7. The normalized spacial score (nSPS) is 11.8. The fourth-order valence-corrected chi connectivity index (χ4v) is 13.2. The first kappa shape index (κ1) is 55.7. The fraction of sp³-hybridized carbons (Fsp3) is 0.200. The Labute approximate surface area is 514 Å². The van der Waals surface area contributed by atoms with Gasteiger partial charge in [-0.05, 0) is 163 Å². The minimum absolute atomic E-state index is 0. The molecule has 8 bridgehead atoms. The molecule has 3 aliphatic rings. The molecule has 2 aromatic heterocycles. The molecule has 0 atom stereocenters. The van der Waals surface area contributed by atoms with Gasteiger partial charge in [0.05, 0.1) is 22.8 Å². The van der Waals surface area contributed by atoms with E-state index < -0.39 is 0 Å². The Bertz CT molecular complexity index is 4330. The summed E-state index contributed by atoms with van der Waals surface area (Å²) in [5, 5.41) is 6.63. The van der Waals surface area contributed by atoms with Crippen molar-refractivity contribution in [1.29, 1.82) is 0 Å². The summed E-state index contributed by atoms with van der Waals surface area (Å²) in [5.41, 5.74) is 25.1. The second-order valence-electron chi connectivity index (χ2n) is 23.3. The number of hydrogen-bond acceptors (Lipinski definition) is 2. The van der Waals surface area contributed by atoms with Crippen molar-refractivity contribution in [2.75, 3.05) is 0 Å². The number of aromatic nitrogens is 4. The van der Waals surface area contributed by atoms with Crippen LogP contribution in [0.4, 0.5) is 0 Å². The fourth-order valence-electron chi connectivity index (χ4n) is 13.2. The molecular weight excluding hydrogens is 1120 g/mol. The van der Waals surface area contributed by atoms with Crippen molar-refractivity contribution in [1.82, 2.24) is 19.9 Å². The van der Waals surface area contributed by atoms with E-state index in [1.54, 1.807) is 0 Å². The number of aryl methyl sites for hydroxylation is 4. The van der Waals surface area contributed by atoms with E-state index in [1.165, 1.54) is 22.3 Å². The standard InChI is InChI=1S/C80H70N4.Pd/c1-5-9-21-51-33-41-55(42-34-51)69-73-61-27-15-16-28-62(61)74(81-73)70(56-43-35-52(36-44-56)22-10-6-2)76-64-30-18-20-32-66(64)78(83-76)72(58-47-39-54(40-48-58)24-12-8-4)80-68-50-60-26-14-13-25-59(60)49-67(68)79(84-80)71(57-45-37-53(38-46-57)23-11-7-3)77-65-31-19-17-29-63(65)75(69)82-77;/h13-20,25-50H,5-12,21-24H2,1-4H3;/q-2;+2. The monoisotopic (exact) mass is 1190 g/mol. The molecule has 0 spiro atoms. The zero-order valence-corrected chi connectivity index (χ0v) is 50.8. The molecule has 0 N–H and O–H groups in total. The average molecular weight is 1190 g/mol. The Morgan fingerprint density at radius 1 is 0.282 bits per heavy atom. The van der Waals surface area contributed by atoms with E-state index in [2.05, 4.69) is 234 Å². The SMILES string of the molecule is CCCCc1ccc(-c2c3nc(c(-c4ccc(CCCC)cc4)c4[n-]c(c(-c5ccc(CCCC)cc5)c5nc(c(-c6ccc(CCCC)cc6)c6[n-]c2c2ccccc62)-c2ccccc2-5)c2cc5ccccc5cc42)-c2ccccc2-3)cc1.[Pd+2]. The molecule has 420 valence electrons. The van der Waals surface area contributed by atoms with Crippen molar-refractivity contribution in [3.63, 3.8) is 0 Å². The molecule has 0 fully saturated rings. The van der Waals surface area contributed by atoms with Crippen LogP contribution in [0.15, 0.2) is 206 Å². The summed E-state index contributed by atoms with van der Waals surface area (Å²) >= 11 is 0. The van der Waals surface area contributed by atoms with Crippen LogP contribution in [0.3, 0.4) is 0 Å². The molecule has 14 rings (SSSR count). The van der Waals surface area contributed by atoms with Gasteiger partial charge in [0.15, 0.2) is 0 Å². The first-order valence-corrected chi connectivity index (χ1v) is 31.0. The average Bonchev–Trinajstić information content (AvgIpc) is 1.98. The first-order chi connectivity index (χ1) is 41.5. The first-order valence-electron chi connectivity index (χ1n) is 31.0. The third kappa shape index (κ3) is 10.3. The number of fused-ring (bicyclic) bond motifs is 1. The van der Waals surface area contributed by atoms with E-state index in [-0.39, 0.29) is 20.4 Å². The maximum Gasteiger partial charge on any atom is 2.00 e. The van der Waals surface area contributed by atoms with Crippen molar-refractivity contribution in [3.8, 4) is 89.5 Å². The number of hydrogen-bond donors (Lipinski definition) is 0. The summed E-state index contributed by atoms with van der Waals surface area (Å²) in [5.74, 6) is 0. The number of rotatable bonds is 16. The summed E-state index contributed by atoms with van der Waals surface area (Å²) in [6, 6.07) is 77.4. The molecule has 4 heterocycles. The minimum atomic E-state index is 0. The van der Waals surface area contributed by atoms with Gasteiger partial charge in [-0.25, -0.2) is 9.97 Å². The van der Waals surface area contributed by atoms with Crippen molar-refractivity contribution in [3.05, 3.63) is 229 Å². The molecule has 11 aromatic rings. The molecule has 0 saturated carbocycles. The van der Waals surface area contributed by atoms with E-state index in [9.17, 15) is 0 Å². The van der Waals surface area contributed by atoms with Crippen LogP contribution in [0.5, 0.6) is 0 Å². The second-order valence-corrected chi connectivity index (χ2v) is 23.3. The maximum absolute atomic E-state index is 6.18. The molecule has 0 unspecified atom stereocenters. The zero-order valence-electron chi connectivity index (χ0n) is 49.2. The molecular formula is C80H70N4Pd. The van der Waals surface area contributed by atoms with Gasteiger partial charge in [0, 0.05) is 22.3 Å². The topological polar surface area (TPSA) is 54.0 Å². The van der Waals surface area contributed by atoms with Gasteiger partial charge in [0.2, 0.25) is 0 Å². The van der Waals surface area contributed by atoms with Gasteiger partial charge in [0.25, 0.3) is 0 Å². The van der Waals surface area contributed by atoms with E-state index >= 15 is 0 Å². The molecule has 2 aliphatic heterocycles. The van der Waals surface area contributed by atoms with Crippen LogP contribution in [0, 0.1) is 0 Å². The molecule has 9 aromatic carbocycles. The Hall–Kier alpha value is -8.46. The van der Waals surface area contributed by atoms with Gasteiger partial charge < -0.3 is 9.97 Å².